The molecule has 0 saturated carbocycles. The van der Waals surface area contributed by atoms with Crippen LogP contribution in [0.1, 0.15) is 12.5 Å². The summed E-state index contributed by atoms with van der Waals surface area (Å²) in [6.07, 6.45) is 0. The Hall–Kier alpha value is -2.31. The number of methoxy groups -OCH3 is 1. The summed E-state index contributed by atoms with van der Waals surface area (Å²) in [5.74, 6) is -0.383. The number of thioether (sulfide) groups is 1. The maximum absolute atomic E-state index is 13.2. The molecule has 7 heteroatoms. The van der Waals surface area contributed by atoms with Crippen LogP contribution in [0.4, 0.5) is 0 Å². The third-order valence-corrected chi connectivity index (χ3v) is 5.24. The van der Waals surface area contributed by atoms with Crippen LogP contribution < -0.4 is 5.56 Å². The number of aryl methyl sites for hydroxylation is 1. The van der Waals surface area contributed by atoms with Crippen LogP contribution in [-0.4, -0.2) is 27.9 Å². The second-order valence-electron chi connectivity index (χ2n) is 5.77. The van der Waals surface area contributed by atoms with Crippen LogP contribution in [0.3, 0.4) is 0 Å². The van der Waals surface area contributed by atoms with Gasteiger partial charge in [-0.05, 0) is 43.7 Å². The van der Waals surface area contributed by atoms with Crippen molar-refractivity contribution in [2.24, 2.45) is 0 Å². The zero-order valence-electron chi connectivity index (χ0n) is 14.5. The predicted molar refractivity (Wildman–Crippen MR) is 104 cm³/mol. The van der Waals surface area contributed by atoms with Crippen molar-refractivity contribution in [3.8, 4) is 5.69 Å². The van der Waals surface area contributed by atoms with E-state index < -0.39 is 5.25 Å². The van der Waals surface area contributed by atoms with Crippen molar-refractivity contribution in [1.82, 2.24) is 9.55 Å². The largest absolute Gasteiger partial charge is 0.468 e. The van der Waals surface area contributed by atoms with E-state index in [4.69, 9.17) is 16.3 Å². The quantitative estimate of drug-likeness (QED) is 0.384. The second-order valence-corrected chi connectivity index (χ2v) is 7.51. The number of aromatic nitrogens is 2. The Morgan fingerprint density at radius 2 is 2.00 bits per heavy atom. The van der Waals surface area contributed by atoms with Crippen molar-refractivity contribution in [2.75, 3.05) is 7.11 Å². The number of benzene rings is 2. The number of para-hydroxylation sites is 1. The lowest BCUT2D eigenvalue weighted by atomic mass is 10.2. The topological polar surface area (TPSA) is 61.2 Å². The summed E-state index contributed by atoms with van der Waals surface area (Å²) >= 11 is 7.23. The van der Waals surface area contributed by atoms with Crippen LogP contribution in [0.2, 0.25) is 5.02 Å². The van der Waals surface area contributed by atoms with Gasteiger partial charge >= 0.3 is 5.97 Å². The van der Waals surface area contributed by atoms with Gasteiger partial charge in [-0.1, -0.05) is 41.6 Å². The third kappa shape index (κ3) is 3.48. The molecule has 5 nitrogen and oxygen atoms in total. The van der Waals surface area contributed by atoms with Crippen LogP contribution in [0, 0.1) is 6.92 Å². The van der Waals surface area contributed by atoms with Crippen LogP contribution in [0.25, 0.3) is 16.6 Å². The van der Waals surface area contributed by atoms with Gasteiger partial charge in [0.25, 0.3) is 5.56 Å². The van der Waals surface area contributed by atoms with E-state index in [1.54, 1.807) is 25.1 Å². The molecule has 3 aromatic rings. The number of hydrogen-bond donors (Lipinski definition) is 0. The third-order valence-electron chi connectivity index (χ3n) is 3.97. The fourth-order valence-corrected chi connectivity index (χ4v) is 3.73. The molecule has 0 radical (unpaired) electrons. The Morgan fingerprint density at radius 3 is 2.69 bits per heavy atom. The van der Waals surface area contributed by atoms with Crippen molar-refractivity contribution in [3.63, 3.8) is 0 Å². The molecular formula is C19H17ClN2O3S. The monoisotopic (exact) mass is 388 g/mol. The van der Waals surface area contributed by atoms with Crippen LogP contribution >= 0.6 is 23.4 Å². The molecule has 0 aliphatic carbocycles. The molecule has 134 valence electrons. The van der Waals surface area contributed by atoms with Crippen molar-refractivity contribution < 1.29 is 9.53 Å². The fourth-order valence-electron chi connectivity index (χ4n) is 2.62. The molecule has 1 atom stereocenters. The molecule has 0 aliphatic heterocycles. The fraction of sp³-hybridized carbons (Fsp3) is 0.211. The van der Waals surface area contributed by atoms with Crippen LogP contribution in [0.5, 0.6) is 0 Å². The minimum absolute atomic E-state index is 0.208. The van der Waals surface area contributed by atoms with Crippen molar-refractivity contribution >= 4 is 40.2 Å². The number of fused-ring (bicyclic) bond motifs is 1. The summed E-state index contributed by atoms with van der Waals surface area (Å²) in [5, 5.41) is 0.860. The van der Waals surface area contributed by atoms with E-state index in [-0.39, 0.29) is 11.5 Å². The van der Waals surface area contributed by atoms with E-state index in [9.17, 15) is 9.59 Å². The normalized spacial score (nSPS) is 12.2. The number of carbonyl (C=O) groups is 1. The highest BCUT2D eigenvalue weighted by Gasteiger charge is 2.21. The number of nitrogens with zero attached hydrogens (tertiary/aromatic N) is 2. The van der Waals surface area contributed by atoms with Gasteiger partial charge in [0.2, 0.25) is 0 Å². The summed E-state index contributed by atoms with van der Waals surface area (Å²) < 4.78 is 6.33. The predicted octanol–water partition coefficient (Wildman–Crippen LogP) is 4.00. The van der Waals surface area contributed by atoms with E-state index in [1.807, 2.05) is 31.2 Å². The van der Waals surface area contributed by atoms with E-state index in [2.05, 4.69) is 4.98 Å². The molecule has 26 heavy (non-hydrogen) atoms. The summed E-state index contributed by atoms with van der Waals surface area (Å²) in [5.41, 5.74) is 1.94. The SMILES string of the molecule is COC(=O)C(C)Sc1nc2cc(Cl)ccc2c(=O)n1-c1ccccc1C. The molecule has 1 unspecified atom stereocenters. The van der Waals surface area contributed by atoms with Gasteiger partial charge in [0.1, 0.15) is 5.25 Å². The molecule has 0 fully saturated rings. The number of carbonyl (C=O) groups excluding carboxylic acids is 1. The minimum atomic E-state index is -0.515. The molecule has 0 amide bonds. The molecule has 1 heterocycles. The molecule has 2 aromatic carbocycles. The summed E-state index contributed by atoms with van der Waals surface area (Å²) in [6, 6.07) is 12.5. The molecule has 0 saturated heterocycles. The van der Waals surface area contributed by atoms with Crippen LogP contribution in [0.15, 0.2) is 52.4 Å². The van der Waals surface area contributed by atoms with Crippen molar-refractivity contribution in [1.29, 1.82) is 0 Å². The molecule has 0 N–H and O–H groups in total. The lowest BCUT2D eigenvalue weighted by Gasteiger charge is -2.17. The Kier molecular flexibility index (Phi) is 5.34. The average molecular weight is 389 g/mol. The first kappa shape index (κ1) is 18.5. The zero-order valence-corrected chi connectivity index (χ0v) is 16.1. The van der Waals surface area contributed by atoms with E-state index in [0.29, 0.717) is 21.1 Å². The number of rotatable bonds is 4. The summed E-state index contributed by atoms with van der Waals surface area (Å²) in [7, 11) is 1.33. The Bertz CT molecular complexity index is 1050. The first-order chi connectivity index (χ1) is 12.4. The highest BCUT2D eigenvalue weighted by Crippen LogP contribution is 2.27. The van der Waals surface area contributed by atoms with Gasteiger partial charge in [-0.15, -0.1) is 0 Å². The van der Waals surface area contributed by atoms with E-state index >= 15 is 0 Å². The number of halogens is 1. The van der Waals surface area contributed by atoms with Gasteiger partial charge < -0.3 is 4.74 Å². The van der Waals surface area contributed by atoms with Gasteiger partial charge in [0.15, 0.2) is 5.16 Å². The first-order valence-electron chi connectivity index (χ1n) is 7.95. The number of ether oxygens (including phenoxy) is 1. The summed E-state index contributed by atoms with van der Waals surface area (Å²) in [6.45, 7) is 3.64. The molecule has 0 spiro atoms. The van der Waals surface area contributed by atoms with Gasteiger partial charge in [-0.3, -0.25) is 14.2 Å². The highest BCUT2D eigenvalue weighted by molar-refractivity contribution is 8.00. The van der Waals surface area contributed by atoms with Gasteiger partial charge in [-0.25, -0.2) is 4.98 Å². The lowest BCUT2D eigenvalue weighted by molar-refractivity contribution is -0.139. The van der Waals surface area contributed by atoms with Crippen molar-refractivity contribution in [3.05, 3.63) is 63.4 Å². The standard InChI is InChI=1S/C19H17ClN2O3S/c1-11-6-4-5-7-16(11)22-17(23)14-9-8-13(20)10-15(14)21-19(22)26-12(2)18(24)25-3/h4-10,12H,1-3H3. The Balaban J connectivity index is 2.29. The maximum atomic E-state index is 13.2. The highest BCUT2D eigenvalue weighted by atomic mass is 35.5. The molecule has 0 bridgehead atoms. The zero-order chi connectivity index (χ0) is 18.8. The van der Waals surface area contributed by atoms with Crippen LogP contribution in [-0.2, 0) is 9.53 Å². The second kappa shape index (κ2) is 7.51. The van der Waals surface area contributed by atoms with Gasteiger partial charge in [0.05, 0.1) is 23.7 Å². The molecule has 1 aromatic heterocycles. The Morgan fingerprint density at radius 1 is 1.27 bits per heavy atom. The Labute approximate surface area is 160 Å². The lowest BCUT2D eigenvalue weighted by Crippen LogP contribution is -2.24. The first-order valence-corrected chi connectivity index (χ1v) is 9.21. The van der Waals surface area contributed by atoms with Gasteiger partial charge in [0, 0.05) is 5.02 Å². The van der Waals surface area contributed by atoms with Crippen molar-refractivity contribution in [2.45, 2.75) is 24.3 Å². The number of hydrogen-bond acceptors (Lipinski definition) is 5. The van der Waals surface area contributed by atoms with E-state index in [1.165, 1.54) is 23.4 Å². The van der Waals surface area contributed by atoms with Gasteiger partial charge in [-0.2, -0.15) is 0 Å². The maximum Gasteiger partial charge on any atom is 0.318 e. The molecule has 3 rings (SSSR count). The average Bonchev–Trinajstić information content (AvgIpc) is 2.62. The van der Waals surface area contributed by atoms with E-state index in [0.717, 1.165) is 11.3 Å². The molecular weight excluding hydrogens is 372 g/mol. The summed E-state index contributed by atoms with van der Waals surface area (Å²) in [4.78, 5) is 29.6. The minimum Gasteiger partial charge on any atom is -0.468 e. The number of esters is 1. The smallest absolute Gasteiger partial charge is 0.318 e. The molecule has 0 aliphatic rings.